The van der Waals surface area contributed by atoms with Gasteiger partial charge in [0.1, 0.15) is 5.82 Å². The lowest BCUT2D eigenvalue weighted by Crippen LogP contribution is -2.23. The maximum absolute atomic E-state index is 12.9. The second-order valence-corrected chi connectivity index (χ2v) is 6.76. The first-order valence-corrected chi connectivity index (χ1v) is 9.53. The summed E-state index contributed by atoms with van der Waals surface area (Å²) in [6.07, 6.45) is 2.03. The largest absolute Gasteiger partial charge is 0.387 e. The van der Waals surface area contributed by atoms with Crippen LogP contribution in [0.5, 0.6) is 0 Å². The molecule has 2 aromatic carbocycles. The first-order chi connectivity index (χ1) is 14.1. The number of nitrogens with zero attached hydrogens (tertiary/aromatic N) is 1. The van der Waals surface area contributed by atoms with Crippen LogP contribution in [0.3, 0.4) is 0 Å². The van der Waals surface area contributed by atoms with E-state index in [9.17, 15) is 14.3 Å². The van der Waals surface area contributed by atoms with Crippen molar-refractivity contribution in [3.05, 3.63) is 95.6 Å². The van der Waals surface area contributed by atoms with Gasteiger partial charge < -0.3 is 15.7 Å². The Hall–Kier alpha value is -2.80. The second-order valence-electron chi connectivity index (χ2n) is 6.76. The van der Waals surface area contributed by atoms with Crippen LogP contribution in [-0.2, 0) is 17.6 Å². The molecule has 0 aliphatic heterocycles. The van der Waals surface area contributed by atoms with Crippen molar-refractivity contribution in [2.45, 2.75) is 18.9 Å². The van der Waals surface area contributed by atoms with E-state index >= 15 is 0 Å². The van der Waals surface area contributed by atoms with Crippen LogP contribution >= 0.6 is 12.4 Å². The minimum atomic E-state index is -0.674. The van der Waals surface area contributed by atoms with Crippen molar-refractivity contribution in [2.24, 2.45) is 0 Å². The average molecular weight is 430 g/mol. The Kier molecular flexibility index (Phi) is 9.41. The quantitative estimate of drug-likeness (QED) is 0.453. The Labute approximate surface area is 181 Å². The molecule has 5 nitrogen and oxygen atoms in total. The highest BCUT2D eigenvalue weighted by molar-refractivity contribution is 5.92. The number of hydrogen-bond donors (Lipinski definition) is 3. The smallest absolute Gasteiger partial charge is 0.230 e. The second kappa shape index (κ2) is 12.0. The first kappa shape index (κ1) is 23.5. The predicted octanol–water partition coefficient (Wildman–Crippen LogP) is 3.69. The molecule has 0 radical (unpaired) electrons. The number of halogens is 2. The van der Waals surface area contributed by atoms with Gasteiger partial charge in [0.25, 0.3) is 0 Å². The summed E-state index contributed by atoms with van der Waals surface area (Å²) in [6, 6.07) is 19.0. The van der Waals surface area contributed by atoms with Gasteiger partial charge in [0, 0.05) is 24.1 Å². The van der Waals surface area contributed by atoms with E-state index in [2.05, 4.69) is 15.6 Å². The summed E-state index contributed by atoms with van der Waals surface area (Å²) in [5.74, 6) is -0.418. The minimum absolute atomic E-state index is 0. The number of carbonyl (C=O) groups excluding carboxylic acids is 1. The molecule has 0 aliphatic rings. The molecular formula is C23H25ClFN3O2. The third-order valence-electron chi connectivity index (χ3n) is 4.49. The SMILES string of the molecule is Cl.O=C(Cc1ccccn1)Nc1ccc(CCNCC(O)c2ccc(F)cc2)cc1. The number of rotatable bonds is 9. The van der Waals surface area contributed by atoms with E-state index in [4.69, 9.17) is 0 Å². The Balaban J connectivity index is 0.00000320. The van der Waals surface area contributed by atoms with Crippen LogP contribution in [0.1, 0.15) is 22.9 Å². The van der Waals surface area contributed by atoms with Crippen LogP contribution in [0, 0.1) is 5.82 Å². The van der Waals surface area contributed by atoms with Crippen molar-refractivity contribution in [1.29, 1.82) is 0 Å². The Morgan fingerprint density at radius 3 is 2.43 bits per heavy atom. The molecule has 7 heteroatoms. The molecular weight excluding hydrogens is 405 g/mol. The number of anilines is 1. The number of hydrogen-bond acceptors (Lipinski definition) is 4. The molecule has 3 rings (SSSR count). The molecule has 0 bridgehead atoms. The summed E-state index contributed by atoms with van der Waals surface area (Å²) in [7, 11) is 0. The van der Waals surface area contributed by atoms with Crippen molar-refractivity contribution in [3.63, 3.8) is 0 Å². The molecule has 0 aliphatic carbocycles. The van der Waals surface area contributed by atoms with E-state index in [0.29, 0.717) is 18.7 Å². The predicted molar refractivity (Wildman–Crippen MR) is 118 cm³/mol. The number of pyridine rings is 1. The van der Waals surface area contributed by atoms with E-state index in [1.54, 1.807) is 18.3 Å². The molecule has 158 valence electrons. The van der Waals surface area contributed by atoms with Crippen LogP contribution in [0.25, 0.3) is 0 Å². The van der Waals surface area contributed by atoms with Crippen molar-refractivity contribution < 1.29 is 14.3 Å². The van der Waals surface area contributed by atoms with Crippen LogP contribution in [0.4, 0.5) is 10.1 Å². The number of carbonyl (C=O) groups is 1. The van der Waals surface area contributed by atoms with Gasteiger partial charge in [-0.2, -0.15) is 0 Å². The van der Waals surface area contributed by atoms with Gasteiger partial charge in [0.2, 0.25) is 5.91 Å². The molecule has 0 fully saturated rings. The molecule has 1 amide bonds. The molecule has 3 N–H and O–H groups in total. The van der Waals surface area contributed by atoms with Crippen molar-refractivity contribution in [1.82, 2.24) is 10.3 Å². The van der Waals surface area contributed by atoms with E-state index in [0.717, 1.165) is 23.4 Å². The number of nitrogens with one attached hydrogen (secondary N) is 2. The van der Waals surface area contributed by atoms with Gasteiger partial charge in [-0.25, -0.2) is 4.39 Å². The molecule has 30 heavy (non-hydrogen) atoms. The van der Waals surface area contributed by atoms with Crippen molar-refractivity contribution >= 4 is 24.0 Å². The van der Waals surface area contributed by atoms with Crippen molar-refractivity contribution in [2.75, 3.05) is 18.4 Å². The third-order valence-corrected chi connectivity index (χ3v) is 4.49. The Morgan fingerprint density at radius 2 is 1.77 bits per heavy atom. The van der Waals surface area contributed by atoms with Gasteiger partial charge in [-0.05, 0) is 60.5 Å². The van der Waals surface area contributed by atoms with Gasteiger partial charge in [-0.15, -0.1) is 12.4 Å². The lowest BCUT2D eigenvalue weighted by molar-refractivity contribution is -0.115. The summed E-state index contributed by atoms with van der Waals surface area (Å²) >= 11 is 0. The molecule has 1 atom stereocenters. The zero-order valence-corrected chi connectivity index (χ0v) is 17.2. The minimum Gasteiger partial charge on any atom is -0.387 e. The van der Waals surface area contributed by atoms with E-state index in [-0.39, 0.29) is 30.6 Å². The zero-order valence-electron chi connectivity index (χ0n) is 16.4. The van der Waals surface area contributed by atoms with Crippen LogP contribution in [-0.4, -0.2) is 29.1 Å². The van der Waals surface area contributed by atoms with Crippen molar-refractivity contribution in [3.8, 4) is 0 Å². The number of aliphatic hydroxyl groups excluding tert-OH is 1. The van der Waals surface area contributed by atoms with Crippen LogP contribution < -0.4 is 10.6 Å². The Bertz CT molecular complexity index is 906. The number of benzene rings is 2. The molecule has 1 unspecified atom stereocenters. The summed E-state index contributed by atoms with van der Waals surface area (Å²) in [4.78, 5) is 16.2. The number of aliphatic hydroxyl groups is 1. The average Bonchev–Trinajstić information content (AvgIpc) is 2.73. The highest BCUT2D eigenvalue weighted by atomic mass is 35.5. The topological polar surface area (TPSA) is 74.2 Å². The maximum atomic E-state index is 12.9. The molecule has 1 aromatic heterocycles. The standard InChI is InChI=1S/C23H24FN3O2.ClH/c24-19-8-6-18(7-9-19)22(28)16-25-14-12-17-4-10-20(11-5-17)27-23(29)15-21-3-1-2-13-26-21;/h1-11,13,22,25,28H,12,14-16H2,(H,27,29);1H. The fourth-order valence-corrected chi connectivity index (χ4v) is 2.90. The lowest BCUT2D eigenvalue weighted by atomic mass is 10.1. The van der Waals surface area contributed by atoms with Gasteiger partial charge in [-0.1, -0.05) is 30.3 Å². The number of aromatic nitrogens is 1. The zero-order chi connectivity index (χ0) is 20.5. The van der Waals surface area contributed by atoms with Gasteiger partial charge in [-0.3, -0.25) is 9.78 Å². The summed E-state index contributed by atoms with van der Waals surface area (Å²) in [5.41, 5.74) is 3.28. The van der Waals surface area contributed by atoms with Gasteiger partial charge in [0.15, 0.2) is 0 Å². The highest BCUT2D eigenvalue weighted by Crippen LogP contribution is 2.13. The van der Waals surface area contributed by atoms with Crippen LogP contribution in [0.2, 0.25) is 0 Å². The van der Waals surface area contributed by atoms with E-state index < -0.39 is 6.10 Å². The summed E-state index contributed by atoms with van der Waals surface area (Å²) in [5, 5.41) is 16.2. The van der Waals surface area contributed by atoms with Crippen LogP contribution in [0.15, 0.2) is 72.9 Å². The van der Waals surface area contributed by atoms with Gasteiger partial charge >= 0.3 is 0 Å². The van der Waals surface area contributed by atoms with E-state index in [1.807, 2.05) is 42.5 Å². The highest BCUT2D eigenvalue weighted by Gasteiger charge is 2.07. The number of amides is 1. The lowest BCUT2D eigenvalue weighted by Gasteiger charge is -2.12. The van der Waals surface area contributed by atoms with E-state index in [1.165, 1.54) is 12.1 Å². The first-order valence-electron chi connectivity index (χ1n) is 9.53. The molecule has 0 spiro atoms. The monoisotopic (exact) mass is 429 g/mol. The normalized spacial score (nSPS) is 11.4. The summed E-state index contributed by atoms with van der Waals surface area (Å²) in [6.45, 7) is 1.09. The maximum Gasteiger partial charge on any atom is 0.230 e. The third kappa shape index (κ3) is 7.55. The van der Waals surface area contributed by atoms with Gasteiger partial charge in [0.05, 0.1) is 12.5 Å². The summed E-state index contributed by atoms with van der Waals surface area (Å²) < 4.78 is 12.9. The fourth-order valence-electron chi connectivity index (χ4n) is 2.90. The molecule has 0 saturated heterocycles. The molecule has 0 saturated carbocycles. The Morgan fingerprint density at radius 1 is 1.03 bits per heavy atom. The molecule has 3 aromatic rings. The molecule has 1 heterocycles. The fraction of sp³-hybridized carbons (Fsp3) is 0.217.